The summed E-state index contributed by atoms with van der Waals surface area (Å²) in [6.07, 6.45) is 3.53. The van der Waals surface area contributed by atoms with E-state index in [1.54, 1.807) is 6.20 Å². The van der Waals surface area contributed by atoms with Crippen molar-refractivity contribution in [2.24, 2.45) is 7.05 Å². The Morgan fingerprint density at radius 3 is 3.00 bits per heavy atom. The number of hydrogen-bond acceptors (Lipinski definition) is 3. The van der Waals surface area contributed by atoms with E-state index in [2.05, 4.69) is 10.3 Å². The first-order valence-corrected chi connectivity index (χ1v) is 7.59. The second-order valence-electron chi connectivity index (χ2n) is 5.29. The molecule has 3 rings (SSSR count). The van der Waals surface area contributed by atoms with Crippen LogP contribution in [0.4, 0.5) is 0 Å². The van der Waals surface area contributed by atoms with Crippen LogP contribution in [-0.2, 0) is 13.6 Å². The lowest BCUT2D eigenvalue weighted by Gasteiger charge is -2.07. The summed E-state index contributed by atoms with van der Waals surface area (Å²) in [5.41, 5.74) is 2.44. The monoisotopic (exact) mass is 309 g/mol. The molecule has 0 saturated carbocycles. The molecule has 1 aromatic carbocycles. The fraction of sp³-hybridized carbons (Fsp3) is 0.222. The van der Waals surface area contributed by atoms with E-state index in [4.69, 9.17) is 4.74 Å². The van der Waals surface area contributed by atoms with E-state index in [1.807, 2.05) is 61.1 Å². The van der Waals surface area contributed by atoms with Crippen LogP contribution in [0.25, 0.3) is 11.0 Å². The highest BCUT2D eigenvalue weighted by molar-refractivity contribution is 6.06. The van der Waals surface area contributed by atoms with E-state index >= 15 is 0 Å². The van der Waals surface area contributed by atoms with E-state index in [0.29, 0.717) is 18.7 Å². The second kappa shape index (κ2) is 6.52. The third-order valence-electron chi connectivity index (χ3n) is 3.64. The van der Waals surface area contributed by atoms with Gasteiger partial charge in [0.1, 0.15) is 11.4 Å². The summed E-state index contributed by atoms with van der Waals surface area (Å²) < 4.78 is 7.34. The van der Waals surface area contributed by atoms with Crippen LogP contribution in [0.15, 0.2) is 48.8 Å². The number of fused-ring (bicyclic) bond motifs is 1. The molecular formula is C18H19N3O2. The fourth-order valence-electron chi connectivity index (χ4n) is 2.58. The lowest BCUT2D eigenvalue weighted by atomic mass is 10.2. The molecular weight excluding hydrogens is 290 g/mol. The minimum absolute atomic E-state index is 0.106. The van der Waals surface area contributed by atoms with Gasteiger partial charge in [-0.05, 0) is 36.8 Å². The molecule has 2 aromatic heterocycles. The lowest BCUT2D eigenvalue weighted by Crippen LogP contribution is -2.22. The standard InChI is InChI=1S/C18H19N3O2/c1-3-23-14-7-4-6-13(10-14)11-20-18(22)16-12-21(2)17-15(16)8-5-9-19-17/h4-10,12H,3,11H2,1-2H3,(H,20,22). The molecule has 0 radical (unpaired) electrons. The van der Waals surface area contributed by atoms with Crippen molar-refractivity contribution in [3.05, 3.63) is 59.9 Å². The Labute approximate surface area is 134 Å². The van der Waals surface area contributed by atoms with Crippen molar-refractivity contribution < 1.29 is 9.53 Å². The molecule has 0 bridgehead atoms. The minimum atomic E-state index is -0.106. The molecule has 0 spiro atoms. The Hall–Kier alpha value is -2.82. The third-order valence-corrected chi connectivity index (χ3v) is 3.64. The van der Waals surface area contributed by atoms with Crippen LogP contribution in [0.5, 0.6) is 5.75 Å². The lowest BCUT2D eigenvalue weighted by molar-refractivity contribution is 0.0952. The van der Waals surface area contributed by atoms with Crippen LogP contribution >= 0.6 is 0 Å². The number of aromatic nitrogens is 2. The van der Waals surface area contributed by atoms with Gasteiger partial charge >= 0.3 is 0 Å². The molecule has 1 N–H and O–H groups in total. The van der Waals surface area contributed by atoms with Gasteiger partial charge in [-0.15, -0.1) is 0 Å². The van der Waals surface area contributed by atoms with Gasteiger partial charge in [0.05, 0.1) is 12.2 Å². The number of hydrogen-bond donors (Lipinski definition) is 1. The van der Waals surface area contributed by atoms with Gasteiger partial charge in [0, 0.05) is 31.4 Å². The van der Waals surface area contributed by atoms with Gasteiger partial charge in [-0.2, -0.15) is 0 Å². The fourth-order valence-corrected chi connectivity index (χ4v) is 2.58. The SMILES string of the molecule is CCOc1cccc(CNC(=O)c2cn(C)c3ncccc23)c1. The number of pyridine rings is 1. The molecule has 5 heteroatoms. The van der Waals surface area contributed by atoms with Gasteiger partial charge in [0.2, 0.25) is 0 Å². The van der Waals surface area contributed by atoms with Crippen molar-refractivity contribution in [3.8, 4) is 5.75 Å². The number of nitrogens with one attached hydrogen (secondary N) is 1. The maximum Gasteiger partial charge on any atom is 0.253 e. The Morgan fingerprint density at radius 1 is 1.30 bits per heavy atom. The average Bonchev–Trinajstić information content (AvgIpc) is 2.91. The van der Waals surface area contributed by atoms with Crippen molar-refractivity contribution in [1.82, 2.24) is 14.9 Å². The summed E-state index contributed by atoms with van der Waals surface area (Å²) in [5, 5.41) is 3.81. The van der Waals surface area contributed by atoms with Gasteiger partial charge < -0.3 is 14.6 Å². The van der Waals surface area contributed by atoms with Crippen LogP contribution in [0.2, 0.25) is 0 Å². The Bertz CT molecular complexity index is 839. The number of carbonyl (C=O) groups excluding carboxylic acids is 1. The van der Waals surface area contributed by atoms with Gasteiger partial charge in [-0.1, -0.05) is 12.1 Å². The van der Waals surface area contributed by atoms with E-state index in [-0.39, 0.29) is 5.91 Å². The largest absolute Gasteiger partial charge is 0.494 e. The van der Waals surface area contributed by atoms with Gasteiger partial charge in [0.25, 0.3) is 5.91 Å². The number of carbonyl (C=O) groups is 1. The van der Waals surface area contributed by atoms with E-state index < -0.39 is 0 Å². The van der Waals surface area contributed by atoms with E-state index in [0.717, 1.165) is 22.3 Å². The predicted octanol–water partition coefficient (Wildman–Crippen LogP) is 2.90. The summed E-state index contributed by atoms with van der Waals surface area (Å²) in [4.78, 5) is 16.8. The smallest absolute Gasteiger partial charge is 0.253 e. The Morgan fingerprint density at radius 2 is 2.17 bits per heavy atom. The zero-order valence-electron chi connectivity index (χ0n) is 13.2. The molecule has 118 valence electrons. The molecule has 2 heterocycles. The molecule has 0 unspecified atom stereocenters. The summed E-state index contributed by atoms with van der Waals surface area (Å²) in [5.74, 6) is 0.707. The highest BCUT2D eigenvalue weighted by Gasteiger charge is 2.14. The molecule has 0 aliphatic rings. The van der Waals surface area contributed by atoms with Crippen molar-refractivity contribution in [1.29, 1.82) is 0 Å². The van der Waals surface area contributed by atoms with Crippen LogP contribution in [-0.4, -0.2) is 22.1 Å². The Balaban J connectivity index is 1.75. The molecule has 3 aromatic rings. The summed E-state index contributed by atoms with van der Waals surface area (Å²) in [7, 11) is 1.89. The normalized spacial score (nSPS) is 10.7. The topological polar surface area (TPSA) is 56.1 Å². The number of aryl methyl sites for hydroxylation is 1. The van der Waals surface area contributed by atoms with Gasteiger partial charge in [-0.25, -0.2) is 4.98 Å². The van der Waals surface area contributed by atoms with Crippen LogP contribution in [0.1, 0.15) is 22.8 Å². The van der Waals surface area contributed by atoms with Crippen molar-refractivity contribution >= 4 is 16.9 Å². The van der Waals surface area contributed by atoms with Crippen molar-refractivity contribution in [3.63, 3.8) is 0 Å². The third kappa shape index (κ3) is 3.18. The van der Waals surface area contributed by atoms with Gasteiger partial charge in [-0.3, -0.25) is 4.79 Å². The highest BCUT2D eigenvalue weighted by atomic mass is 16.5. The molecule has 0 atom stereocenters. The summed E-state index contributed by atoms with van der Waals surface area (Å²) >= 11 is 0. The van der Waals surface area contributed by atoms with E-state index in [9.17, 15) is 4.79 Å². The first-order chi connectivity index (χ1) is 11.2. The first-order valence-electron chi connectivity index (χ1n) is 7.59. The quantitative estimate of drug-likeness (QED) is 0.788. The van der Waals surface area contributed by atoms with Crippen LogP contribution < -0.4 is 10.1 Å². The number of nitrogens with zero attached hydrogens (tertiary/aromatic N) is 2. The molecule has 0 aliphatic heterocycles. The number of rotatable bonds is 5. The zero-order chi connectivity index (χ0) is 16.2. The zero-order valence-corrected chi connectivity index (χ0v) is 13.2. The molecule has 1 amide bonds. The second-order valence-corrected chi connectivity index (χ2v) is 5.29. The Kier molecular flexibility index (Phi) is 4.28. The molecule has 23 heavy (non-hydrogen) atoms. The summed E-state index contributed by atoms with van der Waals surface area (Å²) in [6, 6.07) is 11.5. The summed E-state index contributed by atoms with van der Waals surface area (Å²) in [6.45, 7) is 3.03. The highest BCUT2D eigenvalue weighted by Crippen LogP contribution is 2.18. The average molecular weight is 309 g/mol. The van der Waals surface area contributed by atoms with Crippen LogP contribution in [0.3, 0.4) is 0 Å². The minimum Gasteiger partial charge on any atom is -0.494 e. The van der Waals surface area contributed by atoms with Crippen LogP contribution in [0, 0.1) is 0 Å². The maximum absolute atomic E-state index is 12.5. The van der Waals surface area contributed by atoms with E-state index in [1.165, 1.54) is 0 Å². The van der Waals surface area contributed by atoms with Gasteiger partial charge in [0.15, 0.2) is 0 Å². The molecule has 0 fully saturated rings. The molecule has 0 saturated heterocycles. The number of amides is 1. The first kappa shape index (κ1) is 15.1. The van der Waals surface area contributed by atoms with Crippen molar-refractivity contribution in [2.45, 2.75) is 13.5 Å². The molecule has 0 aliphatic carbocycles. The van der Waals surface area contributed by atoms with Crippen molar-refractivity contribution in [2.75, 3.05) is 6.61 Å². The maximum atomic E-state index is 12.5. The molecule has 5 nitrogen and oxygen atoms in total. The number of ether oxygens (including phenoxy) is 1. The predicted molar refractivity (Wildman–Crippen MR) is 89.5 cm³/mol. The number of benzene rings is 1.